The molecule has 0 saturated carbocycles. The van der Waals surface area contributed by atoms with Gasteiger partial charge in [0.25, 0.3) is 0 Å². The quantitative estimate of drug-likeness (QED) is 0.866. The zero-order valence-corrected chi connectivity index (χ0v) is 9.77. The van der Waals surface area contributed by atoms with Gasteiger partial charge < -0.3 is 4.74 Å². The molecule has 2 aromatic rings. The van der Waals surface area contributed by atoms with Gasteiger partial charge in [0.05, 0.1) is 5.69 Å². The fourth-order valence-electron chi connectivity index (χ4n) is 1.41. The third-order valence-corrected chi connectivity index (χ3v) is 2.22. The maximum absolute atomic E-state index is 12.8. The second-order valence-electron chi connectivity index (χ2n) is 3.69. The summed E-state index contributed by atoms with van der Waals surface area (Å²) in [5, 5.41) is 2.21. The van der Waals surface area contributed by atoms with Gasteiger partial charge in [-0.3, -0.25) is 5.32 Å². The minimum absolute atomic E-state index is 0.0527. The van der Waals surface area contributed by atoms with Gasteiger partial charge in [-0.15, -0.1) is 0 Å². The van der Waals surface area contributed by atoms with E-state index in [0.717, 1.165) is 17.7 Å². The first-order valence-corrected chi connectivity index (χ1v) is 5.44. The van der Waals surface area contributed by atoms with Crippen LogP contribution in [-0.4, -0.2) is 11.1 Å². The molecule has 1 heterocycles. The van der Waals surface area contributed by atoms with E-state index in [2.05, 4.69) is 10.3 Å². The van der Waals surface area contributed by atoms with E-state index in [1.54, 1.807) is 12.1 Å². The van der Waals surface area contributed by atoms with Crippen LogP contribution in [0, 0.1) is 11.9 Å². The molecule has 0 bridgehead atoms. The molecule has 0 aliphatic heterocycles. The second-order valence-corrected chi connectivity index (χ2v) is 3.69. The first-order chi connectivity index (χ1) is 9.13. The number of nitrogens with one attached hydrogen (secondary N) is 1. The van der Waals surface area contributed by atoms with Gasteiger partial charge in [-0.2, -0.15) is 13.8 Å². The smallest absolute Gasteiger partial charge is 0.411 e. The van der Waals surface area contributed by atoms with Crippen molar-refractivity contribution >= 4 is 11.8 Å². The minimum Gasteiger partial charge on any atom is -0.444 e. The standard InChI is InChI=1S/C13H10F2N2O2/c14-11-6-10(7-12(15)17-11)16-13(18)19-8-9-4-2-1-3-5-9/h1-7H,8H2,(H,16,17,18). The van der Waals surface area contributed by atoms with Gasteiger partial charge in [0.2, 0.25) is 11.9 Å². The summed E-state index contributed by atoms with van der Waals surface area (Å²) in [6, 6.07) is 10.8. The second kappa shape index (κ2) is 5.90. The van der Waals surface area contributed by atoms with Crippen LogP contribution in [0.25, 0.3) is 0 Å². The average molecular weight is 264 g/mol. The Bertz CT molecular complexity index is 556. The van der Waals surface area contributed by atoms with Gasteiger partial charge >= 0.3 is 6.09 Å². The number of carbonyl (C=O) groups excluding carboxylic acids is 1. The summed E-state index contributed by atoms with van der Waals surface area (Å²) in [6.45, 7) is 0.0721. The molecule has 1 aromatic carbocycles. The molecular weight excluding hydrogens is 254 g/mol. The summed E-state index contributed by atoms with van der Waals surface area (Å²) in [7, 11) is 0. The Balaban J connectivity index is 1.91. The molecule has 0 saturated heterocycles. The van der Waals surface area contributed by atoms with Crippen molar-refractivity contribution in [3.63, 3.8) is 0 Å². The summed E-state index contributed by atoms with van der Waals surface area (Å²) in [6.07, 6.45) is -0.797. The number of carbonyl (C=O) groups is 1. The summed E-state index contributed by atoms with van der Waals surface area (Å²) in [5.41, 5.74) is 0.757. The highest BCUT2D eigenvalue weighted by atomic mass is 19.1. The zero-order chi connectivity index (χ0) is 13.7. The fraction of sp³-hybridized carbons (Fsp3) is 0.0769. The number of halogens is 2. The van der Waals surface area contributed by atoms with Crippen molar-refractivity contribution in [3.05, 3.63) is 59.9 Å². The van der Waals surface area contributed by atoms with E-state index >= 15 is 0 Å². The van der Waals surface area contributed by atoms with Crippen molar-refractivity contribution in [1.82, 2.24) is 4.98 Å². The molecule has 1 amide bonds. The Morgan fingerprint density at radius 2 is 1.79 bits per heavy atom. The summed E-state index contributed by atoms with van der Waals surface area (Å²) < 4.78 is 30.5. The third kappa shape index (κ3) is 4.02. The third-order valence-electron chi connectivity index (χ3n) is 2.22. The lowest BCUT2D eigenvalue weighted by molar-refractivity contribution is 0.155. The van der Waals surface area contributed by atoms with Crippen LogP contribution in [0.5, 0.6) is 0 Å². The van der Waals surface area contributed by atoms with Crippen molar-refractivity contribution < 1.29 is 18.3 Å². The van der Waals surface area contributed by atoms with Gasteiger partial charge in [0, 0.05) is 12.1 Å². The van der Waals surface area contributed by atoms with Crippen LogP contribution in [0.2, 0.25) is 0 Å². The van der Waals surface area contributed by atoms with E-state index in [1.165, 1.54) is 0 Å². The number of benzene rings is 1. The van der Waals surface area contributed by atoms with Crippen LogP contribution in [0.1, 0.15) is 5.56 Å². The number of nitrogens with zero attached hydrogens (tertiary/aromatic N) is 1. The zero-order valence-electron chi connectivity index (χ0n) is 9.77. The molecule has 0 aliphatic carbocycles. The molecule has 2 rings (SSSR count). The van der Waals surface area contributed by atoms with Crippen LogP contribution < -0.4 is 5.32 Å². The molecule has 98 valence electrons. The molecule has 1 N–H and O–H groups in total. The predicted octanol–water partition coefficient (Wildman–Crippen LogP) is 3.11. The van der Waals surface area contributed by atoms with Gasteiger partial charge in [0.15, 0.2) is 0 Å². The maximum Gasteiger partial charge on any atom is 0.411 e. The molecule has 19 heavy (non-hydrogen) atoms. The Hall–Kier alpha value is -2.50. The van der Waals surface area contributed by atoms with Crippen LogP contribution in [0.15, 0.2) is 42.5 Å². The van der Waals surface area contributed by atoms with Crippen LogP contribution in [0.3, 0.4) is 0 Å². The highest BCUT2D eigenvalue weighted by Gasteiger charge is 2.07. The molecular formula is C13H10F2N2O2. The van der Waals surface area contributed by atoms with Crippen LogP contribution in [0.4, 0.5) is 19.3 Å². The molecule has 1 aromatic heterocycles. The molecule has 4 nitrogen and oxygen atoms in total. The van der Waals surface area contributed by atoms with E-state index in [9.17, 15) is 13.6 Å². The summed E-state index contributed by atoms with van der Waals surface area (Å²) in [5.74, 6) is -2.03. The van der Waals surface area contributed by atoms with Crippen molar-refractivity contribution in [3.8, 4) is 0 Å². The molecule has 6 heteroatoms. The summed E-state index contributed by atoms with van der Waals surface area (Å²) in [4.78, 5) is 14.3. The Labute approximate surface area is 108 Å². The Morgan fingerprint density at radius 1 is 1.16 bits per heavy atom. The van der Waals surface area contributed by atoms with Crippen LogP contribution >= 0.6 is 0 Å². The highest BCUT2D eigenvalue weighted by molar-refractivity contribution is 5.84. The molecule has 0 spiro atoms. The molecule has 0 radical (unpaired) electrons. The molecule has 0 aliphatic rings. The van der Waals surface area contributed by atoms with Crippen molar-refractivity contribution in [2.24, 2.45) is 0 Å². The number of hydrogen-bond donors (Lipinski definition) is 1. The maximum atomic E-state index is 12.8. The highest BCUT2D eigenvalue weighted by Crippen LogP contribution is 2.10. The topological polar surface area (TPSA) is 51.2 Å². The molecule has 0 atom stereocenters. The van der Waals surface area contributed by atoms with Gasteiger partial charge in [-0.1, -0.05) is 30.3 Å². The number of ether oxygens (including phenoxy) is 1. The van der Waals surface area contributed by atoms with Gasteiger partial charge in [0.1, 0.15) is 6.61 Å². The van der Waals surface area contributed by atoms with Crippen molar-refractivity contribution in [1.29, 1.82) is 0 Å². The van der Waals surface area contributed by atoms with E-state index < -0.39 is 18.0 Å². The minimum atomic E-state index is -1.02. The van der Waals surface area contributed by atoms with E-state index in [-0.39, 0.29) is 12.3 Å². The number of aromatic nitrogens is 1. The number of hydrogen-bond acceptors (Lipinski definition) is 3. The average Bonchev–Trinajstić information content (AvgIpc) is 2.36. The number of anilines is 1. The fourth-order valence-corrected chi connectivity index (χ4v) is 1.41. The first kappa shape index (κ1) is 12.9. The predicted molar refractivity (Wildman–Crippen MR) is 64.4 cm³/mol. The van der Waals surface area contributed by atoms with Gasteiger partial charge in [-0.25, -0.2) is 4.79 Å². The summed E-state index contributed by atoms with van der Waals surface area (Å²) >= 11 is 0. The monoisotopic (exact) mass is 264 g/mol. The first-order valence-electron chi connectivity index (χ1n) is 5.44. The molecule has 0 fully saturated rings. The largest absolute Gasteiger partial charge is 0.444 e. The van der Waals surface area contributed by atoms with Crippen molar-refractivity contribution in [2.45, 2.75) is 6.61 Å². The van der Waals surface area contributed by atoms with Crippen LogP contribution in [-0.2, 0) is 11.3 Å². The number of rotatable bonds is 3. The molecule has 0 unspecified atom stereocenters. The lowest BCUT2D eigenvalue weighted by Crippen LogP contribution is -2.14. The Kier molecular flexibility index (Phi) is 4.02. The van der Waals surface area contributed by atoms with E-state index in [4.69, 9.17) is 4.74 Å². The van der Waals surface area contributed by atoms with Gasteiger partial charge in [-0.05, 0) is 5.56 Å². The SMILES string of the molecule is O=C(Nc1cc(F)nc(F)c1)OCc1ccccc1. The normalized spacial score (nSPS) is 10.0. The number of pyridine rings is 1. The van der Waals surface area contributed by atoms with E-state index in [0.29, 0.717) is 0 Å². The lowest BCUT2D eigenvalue weighted by atomic mass is 10.2. The lowest BCUT2D eigenvalue weighted by Gasteiger charge is -2.07. The number of amides is 1. The van der Waals surface area contributed by atoms with E-state index in [1.807, 2.05) is 18.2 Å². The van der Waals surface area contributed by atoms with Crippen molar-refractivity contribution in [2.75, 3.05) is 5.32 Å². The Morgan fingerprint density at radius 3 is 2.42 bits per heavy atom.